The highest BCUT2D eigenvalue weighted by molar-refractivity contribution is 5.83. The van der Waals surface area contributed by atoms with Gasteiger partial charge in [-0.2, -0.15) is 0 Å². The average molecular weight is 272 g/mol. The van der Waals surface area contributed by atoms with Crippen LogP contribution in [0.4, 0.5) is 0 Å². The summed E-state index contributed by atoms with van der Waals surface area (Å²) in [7, 11) is 3.12. The van der Waals surface area contributed by atoms with Crippen molar-refractivity contribution in [3.8, 4) is 0 Å². The molecule has 0 spiro atoms. The summed E-state index contributed by atoms with van der Waals surface area (Å²) in [6.07, 6.45) is 2.27. The van der Waals surface area contributed by atoms with Crippen molar-refractivity contribution in [2.24, 2.45) is 11.1 Å². The molecule has 0 radical (unpaired) electrons. The van der Waals surface area contributed by atoms with E-state index in [0.29, 0.717) is 52.0 Å². The maximum atomic E-state index is 12.5. The van der Waals surface area contributed by atoms with Crippen molar-refractivity contribution in [1.29, 1.82) is 0 Å². The highest BCUT2D eigenvalue weighted by Crippen LogP contribution is 2.31. The summed E-state index contributed by atoms with van der Waals surface area (Å²) in [6.45, 7) is 2.05. The van der Waals surface area contributed by atoms with E-state index in [-0.39, 0.29) is 11.9 Å². The lowest BCUT2D eigenvalue weighted by Crippen LogP contribution is -2.49. The lowest BCUT2D eigenvalue weighted by Gasteiger charge is -2.37. The number of hydrogen-bond acceptors (Lipinski definition) is 5. The highest BCUT2D eigenvalue weighted by Gasteiger charge is 2.40. The molecular formula is C13H24N2O4. The number of hydrogen-bond donors (Lipinski definition) is 1. The molecule has 0 atom stereocenters. The molecule has 0 aromatic carbocycles. The Balaban J connectivity index is 2.47. The van der Waals surface area contributed by atoms with Gasteiger partial charge in [-0.05, 0) is 19.3 Å². The van der Waals surface area contributed by atoms with Gasteiger partial charge in [0.2, 0.25) is 5.91 Å². The zero-order valence-electron chi connectivity index (χ0n) is 11.8. The molecule has 1 fully saturated rings. The van der Waals surface area contributed by atoms with E-state index in [9.17, 15) is 9.59 Å². The number of carbonyl (C=O) groups is 2. The van der Waals surface area contributed by atoms with Crippen molar-refractivity contribution < 1.29 is 19.1 Å². The number of rotatable bonds is 6. The normalized spacial score (nSPS) is 17.8. The van der Waals surface area contributed by atoms with Crippen molar-refractivity contribution in [1.82, 2.24) is 4.90 Å². The number of carbonyl (C=O) groups excluding carboxylic acids is 2. The van der Waals surface area contributed by atoms with Crippen molar-refractivity contribution in [3.05, 3.63) is 0 Å². The highest BCUT2D eigenvalue weighted by atomic mass is 16.5. The zero-order valence-corrected chi connectivity index (χ0v) is 11.8. The molecule has 0 aromatic heterocycles. The average Bonchev–Trinajstić information content (AvgIpc) is 2.46. The Morgan fingerprint density at radius 2 is 2.00 bits per heavy atom. The molecule has 1 amide bonds. The number of methoxy groups -OCH3 is 1. The first-order valence-corrected chi connectivity index (χ1v) is 6.66. The van der Waals surface area contributed by atoms with Crippen LogP contribution in [0.15, 0.2) is 0 Å². The van der Waals surface area contributed by atoms with Crippen molar-refractivity contribution in [2.75, 3.05) is 40.5 Å². The molecule has 1 aliphatic rings. The van der Waals surface area contributed by atoms with Gasteiger partial charge in [0.15, 0.2) is 0 Å². The summed E-state index contributed by atoms with van der Waals surface area (Å²) in [5, 5.41) is 0. The van der Waals surface area contributed by atoms with E-state index in [2.05, 4.69) is 4.74 Å². The standard InChI is InChI=1S/C13H24N2O4/c1-15(7-3-4-11(16)18-2)12(17)13(10-14)5-8-19-9-6-13/h3-10,14H2,1-2H3. The molecule has 1 aliphatic heterocycles. The van der Waals surface area contributed by atoms with Crippen LogP contribution in [0, 0.1) is 5.41 Å². The van der Waals surface area contributed by atoms with Crippen LogP contribution in [0.3, 0.4) is 0 Å². The molecule has 0 bridgehead atoms. The molecule has 0 aliphatic carbocycles. The van der Waals surface area contributed by atoms with Gasteiger partial charge in [-0.25, -0.2) is 0 Å². The minimum atomic E-state index is -0.488. The van der Waals surface area contributed by atoms with Crippen LogP contribution >= 0.6 is 0 Å². The third-order valence-corrected chi connectivity index (χ3v) is 3.74. The van der Waals surface area contributed by atoms with Gasteiger partial charge in [-0.15, -0.1) is 0 Å². The van der Waals surface area contributed by atoms with Crippen molar-refractivity contribution in [3.63, 3.8) is 0 Å². The summed E-state index contributed by atoms with van der Waals surface area (Å²) in [5.41, 5.74) is 5.31. The second kappa shape index (κ2) is 7.45. The quantitative estimate of drug-likeness (QED) is 0.696. The fourth-order valence-corrected chi connectivity index (χ4v) is 2.34. The fraction of sp³-hybridized carbons (Fsp3) is 0.846. The van der Waals surface area contributed by atoms with Crippen LogP contribution in [0.25, 0.3) is 0 Å². The van der Waals surface area contributed by atoms with Gasteiger partial charge in [-0.1, -0.05) is 0 Å². The Kier molecular flexibility index (Phi) is 6.24. The van der Waals surface area contributed by atoms with Gasteiger partial charge in [0.25, 0.3) is 0 Å². The van der Waals surface area contributed by atoms with E-state index in [1.807, 2.05) is 0 Å². The van der Waals surface area contributed by atoms with Gasteiger partial charge in [0.05, 0.1) is 12.5 Å². The van der Waals surface area contributed by atoms with Crippen LogP contribution in [0.2, 0.25) is 0 Å². The summed E-state index contributed by atoms with van der Waals surface area (Å²) < 4.78 is 9.87. The molecular weight excluding hydrogens is 248 g/mol. The second-order valence-corrected chi connectivity index (χ2v) is 5.00. The van der Waals surface area contributed by atoms with Crippen molar-refractivity contribution >= 4 is 11.9 Å². The molecule has 1 rings (SSSR count). The first-order chi connectivity index (χ1) is 9.05. The summed E-state index contributed by atoms with van der Waals surface area (Å²) in [5.74, 6) is -0.191. The van der Waals surface area contributed by atoms with Gasteiger partial charge >= 0.3 is 5.97 Å². The monoisotopic (exact) mass is 272 g/mol. The van der Waals surface area contributed by atoms with Crippen LogP contribution < -0.4 is 5.73 Å². The van der Waals surface area contributed by atoms with Gasteiger partial charge in [0.1, 0.15) is 0 Å². The van der Waals surface area contributed by atoms with Crippen LogP contribution in [-0.2, 0) is 19.1 Å². The lowest BCUT2D eigenvalue weighted by molar-refractivity contribution is -0.147. The predicted molar refractivity (Wildman–Crippen MR) is 70.4 cm³/mol. The van der Waals surface area contributed by atoms with E-state index in [1.54, 1.807) is 11.9 Å². The summed E-state index contributed by atoms with van der Waals surface area (Å²) in [4.78, 5) is 25.2. The third kappa shape index (κ3) is 4.18. The predicted octanol–water partition coefficient (Wildman–Crippen LogP) is 0.154. The molecule has 0 aromatic rings. The van der Waals surface area contributed by atoms with E-state index in [1.165, 1.54) is 7.11 Å². The van der Waals surface area contributed by atoms with Crippen LogP contribution in [0.5, 0.6) is 0 Å². The smallest absolute Gasteiger partial charge is 0.305 e. The van der Waals surface area contributed by atoms with Crippen molar-refractivity contribution in [2.45, 2.75) is 25.7 Å². The number of amides is 1. The molecule has 2 N–H and O–H groups in total. The summed E-state index contributed by atoms with van der Waals surface area (Å²) in [6, 6.07) is 0. The van der Waals surface area contributed by atoms with E-state index in [0.717, 1.165) is 0 Å². The van der Waals surface area contributed by atoms with Crippen LogP contribution in [-0.4, -0.2) is 57.2 Å². The van der Waals surface area contributed by atoms with E-state index in [4.69, 9.17) is 10.5 Å². The Morgan fingerprint density at radius 3 is 2.53 bits per heavy atom. The molecule has 6 heteroatoms. The topological polar surface area (TPSA) is 81.9 Å². The first-order valence-electron chi connectivity index (χ1n) is 6.66. The Bertz CT molecular complexity index is 314. The molecule has 1 heterocycles. The van der Waals surface area contributed by atoms with Gasteiger partial charge in [0, 0.05) is 39.8 Å². The first kappa shape index (κ1) is 15.9. The second-order valence-electron chi connectivity index (χ2n) is 5.00. The third-order valence-electron chi connectivity index (χ3n) is 3.74. The minimum absolute atomic E-state index is 0.0585. The number of nitrogens with two attached hydrogens (primary N) is 1. The molecule has 0 unspecified atom stereocenters. The number of nitrogens with zero attached hydrogens (tertiary/aromatic N) is 1. The minimum Gasteiger partial charge on any atom is -0.469 e. The maximum Gasteiger partial charge on any atom is 0.305 e. The summed E-state index contributed by atoms with van der Waals surface area (Å²) >= 11 is 0. The van der Waals surface area contributed by atoms with Gasteiger partial charge < -0.3 is 20.1 Å². The molecule has 1 saturated heterocycles. The molecule has 19 heavy (non-hydrogen) atoms. The Morgan fingerprint density at radius 1 is 1.37 bits per heavy atom. The molecule has 0 saturated carbocycles. The van der Waals surface area contributed by atoms with Gasteiger partial charge in [-0.3, -0.25) is 9.59 Å². The molecule has 110 valence electrons. The Labute approximate surface area is 114 Å². The maximum absolute atomic E-state index is 12.5. The largest absolute Gasteiger partial charge is 0.469 e. The number of ether oxygens (including phenoxy) is 2. The van der Waals surface area contributed by atoms with Crippen LogP contribution in [0.1, 0.15) is 25.7 Å². The van der Waals surface area contributed by atoms with E-state index < -0.39 is 5.41 Å². The molecule has 6 nitrogen and oxygen atoms in total. The SMILES string of the molecule is COC(=O)CCCN(C)C(=O)C1(CN)CCOCC1. The number of esters is 1. The fourth-order valence-electron chi connectivity index (χ4n) is 2.34. The van der Waals surface area contributed by atoms with E-state index >= 15 is 0 Å². The lowest BCUT2D eigenvalue weighted by atomic mass is 9.79. The Hall–Kier alpha value is -1.14. The zero-order chi connectivity index (χ0) is 14.3.